The van der Waals surface area contributed by atoms with E-state index in [0.29, 0.717) is 16.7 Å². The number of ketones is 1. The van der Waals surface area contributed by atoms with Crippen molar-refractivity contribution in [1.29, 1.82) is 0 Å². The normalized spacial score (nSPS) is 10.2. The van der Waals surface area contributed by atoms with Gasteiger partial charge in [-0.3, -0.25) is 4.79 Å². The molecule has 0 aromatic heterocycles. The third-order valence-corrected chi connectivity index (χ3v) is 2.55. The predicted molar refractivity (Wildman–Crippen MR) is 63.5 cm³/mol. The summed E-state index contributed by atoms with van der Waals surface area (Å²) in [5.41, 5.74) is 1.45. The van der Waals surface area contributed by atoms with Gasteiger partial charge in [-0.15, -0.1) is 0 Å². The van der Waals surface area contributed by atoms with Gasteiger partial charge in [-0.05, 0) is 42.8 Å². The van der Waals surface area contributed by atoms with Crippen LogP contribution >= 0.6 is 0 Å². The van der Waals surface area contributed by atoms with Crippen molar-refractivity contribution >= 4 is 5.78 Å². The van der Waals surface area contributed by atoms with E-state index in [1.165, 1.54) is 37.3 Å². The number of carbonyl (C=O) groups excluding carboxylic acids is 1. The molecule has 3 heteroatoms. The monoisotopic (exact) mass is 230 g/mol. The Balaban J connectivity index is 2.54. The Morgan fingerprint density at radius 1 is 1.12 bits per heavy atom. The SMILES string of the molecule is CC(=O)c1ccc(F)c(-c2ccc(O)cc2)c1. The number of hydrogen-bond donors (Lipinski definition) is 1. The van der Waals surface area contributed by atoms with Gasteiger partial charge in [0.2, 0.25) is 0 Å². The van der Waals surface area contributed by atoms with Crippen molar-refractivity contribution in [2.24, 2.45) is 0 Å². The Labute approximate surface area is 98.3 Å². The van der Waals surface area contributed by atoms with E-state index in [1.54, 1.807) is 12.1 Å². The first kappa shape index (κ1) is 11.3. The Kier molecular flexibility index (Phi) is 2.91. The minimum Gasteiger partial charge on any atom is -0.508 e. The van der Waals surface area contributed by atoms with Crippen LogP contribution < -0.4 is 0 Å². The van der Waals surface area contributed by atoms with Crippen LogP contribution in [0.3, 0.4) is 0 Å². The van der Waals surface area contributed by atoms with Crippen LogP contribution in [0.25, 0.3) is 11.1 Å². The minimum atomic E-state index is -0.388. The molecule has 0 saturated carbocycles. The Morgan fingerprint density at radius 3 is 2.35 bits per heavy atom. The maximum Gasteiger partial charge on any atom is 0.159 e. The summed E-state index contributed by atoms with van der Waals surface area (Å²) in [6.07, 6.45) is 0. The third-order valence-electron chi connectivity index (χ3n) is 2.55. The zero-order valence-corrected chi connectivity index (χ0v) is 9.27. The van der Waals surface area contributed by atoms with Gasteiger partial charge in [0.05, 0.1) is 0 Å². The Morgan fingerprint density at radius 2 is 1.76 bits per heavy atom. The number of aromatic hydroxyl groups is 1. The second kappa shape index (κ2) is 4.37. The molecular weight excluding hydrogens is 219 g/mol. The first-order valence-corrected chi connectivity index (χ1v) is 5.18. The molecule has 2 rings (SSSR count). The average Bonchev–Trinajstić information content (AvgIpc) is 2.31. The molecule has 0 spiro atoms. The van der Waals surface area contributed by atoms with Gasteiger partial charge in [0, 0.05) is 11.1 Å². The van der Waals surface area contributed by atoms with Gasteiger partial charge >= 0.3 is 0 Å². The third kappa shape index (κ3) is 2.33. The van der Waals surface area contributed by atoms with Gasteiger partial charge in [-0.25, -0.2) is 4.39 Å². The molecule has 0 aliphatic heterocycles. The molecule has 1 N–H and O–H groups in total. The number of phenolic OH excluding ortho intramolecular Hbond substituents is 1. The number of hydrogen-bond acceptors (Lipinski definition) is 2. The second-order valence-corrected chi connectivity index (χ2v) is 3.80. The van der Waals surface area contributed by atoms with Crippen LogP contribution in [0.2, 0.25) is 0 Å². The lowest BCUT2D eigenvalue weighted by Gasteiger charge is -2.05. The summed E-state index contributed by atoms with van der Waals surface area (Å²) in [5, 5.41) is 9.17. The van der Waals surface area contributed by atoms with Crippen LogP contribution in [0.1, 0.15) is 17.3 Å². The van der Waals surface area contributed by atoms with E-state index in [2.05, 4.69) is 0 Å². The molecule has 86 valence electrons. The molecule has 2 nitrogen and oxygen atoms in total. The standard InChI is InChI=1S/C14H11FO2/c1-9(16)11-4-7-14(15)13(8-11)10-2-5-12(17)6-3-10/h2-8,17H,1H3. The number of halogens is 1. The zero-order chi connectivity index (χ0) is 12.4. The topological polar surface area (TPSA) is 37.3 Å². The molecule has 0 unspecified atom stereocenters. The van der Waals surface area contributed by atoms with Crippen LogP contribution in [0.5, 0.6) is 5.75 Å². The largest absolute Gasteiger partial charge is 0.508 e. The number of Topliss-reactive ketones (excluding diaryl/α,β-unsaturated/α-hetero) is 1. The van der Waals surface area contributed by atoms with E-state index in [0.717, 1.165) is 0 Å². The van der Waals surface area contributed by atoms with Crippen molar-refractivity contribution in [3.8, 4) is 16.9 Å². The van der Waals surface area contributed by atoms with Gasteiger partial charge in [0.25, 0.3) is 0 Å². The van der Waals surface area contributed by atoms with Crippen LogP contribution in [0.4, 0.5) is 4.39 Å². The van der Waals surface area contributed by atoms with Crippen LogP contribution in [0.15, 0.2) is 42.5 Å². The number of carbonyl (C=O) groups is 1. The molecule has 0 saturated heterocycles. The zero-order valence-electron chi connectivity index (χ0n) is 9.27. The smallest absolute Gasteiger partial charge is 0.159 e. The van der Waals surface area contributed by atoms with Crippen molar-refractivity contribution in [1.82, 2.24) is 0 Å². The van der Waals surface area contributed by atoms with Gasteiger partial charge < -0.3 is 5.11 Å². The van der Waals surface area contributed by atoms with Gasteiger partial charge in [-0.1, -0.05) is 12.1 Å². The fourth-order valence-electron chi connectivity index (χ4n) is 1.61. The van der Waals surface area contributed by atoms with Gasteiger partial charge in [0.15, 0.2) is 5.78 Å². The maximum absolute atomic E-state index is 13.6. The molecule has 2 aromatic rings. The van der Waals surface area contributed by atoms with Crippen LogP contribution in [0, 0.1) is 5.82 Å². The van der Waals surface area contributed by atoms with Gasteiger partial charge in [-0.2, -0.15) is 0 Å². The number of benzene rings is 2. The molecule has 0 atom stereocenters. The molecular formula is C14H11FO2. The van der Waals surface area contributed by atoms with Crippen molar-refractivity contribution in [2.75, 3.05) is 0 Å². The van der Waals surface area contributed by atoms with E-state index in [1.807, 2.05) is 0 Å². The molecule has 0 amide bonds. The van der Waals surface area contributed by atoms with Crippen LogP contribution in [-0.2, 0) is 0 Å². The molecule has 0 heterocycles. The summed E-state index contributed by atoms with van der Waals surface area (Å²) in [5.74, 6) is -0.373. The lowest BCUT2D eigenvalue weighted by atomic mass is 10.0. The highest BCUT2D eigenvalue weighted by Crippen LogP contribution is 2.25. The van der Waals surface area contributed by atoms with Crippen molar-refractivity contribution in [2.45, 2.75) is 6.92 Å². The highest BCUT2D eigenvalue weighted by atomic mass is 19.1. The summed E-state index contributed by atoms with van der Waals surface area (Å²) in [6.45, 7) is 1.44. The van der Waals surface area contributed by atoms with E-state index < -0.39 is 0 Å². The summed E-state index contributed by atoms with van der Waals surface area (Å²) >= 11 is 0. The quantitative estimate of drug-likeness (QED) is 0.803. The van der Waals surface area contributed by atoms with E-state index in [9.17, 15) is 9.18 Å². The molecule has 0 aliphatic rings. The molecule has 0 bridgehead atoms. The first-order chi connectivity index (χ1) is 8.08. The lowest BCUT2D eigenvalue weighted by molar-refractivity contribution is 0.101. The van der Waals surface area contributed by atoms with Crippen LogP contribution in [-0.4, -0.2) is 10.9 Å². The lowest BCUT2D eigenvalue weighted by Crippen LogP contribution is -1.94. The molecule has 17 heavy (non-hydrogen) atoms. The molecule has 0 radical (unpaired) electrons. The highest BCUT2D eigenvalue weighted by molar-refractivity contribution is 5.95. The van der Waals surface area contributed by atoms with Crippen molar-refractivity contribution in [3.05, 3.63) is 53.8 Å². The fraction of sp³-hybridized carbons (Fsp3) is 0.0714. The van der Waals surface area contributed by atoms with Crippen molar-refractivity contribution in [3.63, 3.8) is 0 Å². The van der Waals surface area contributed by atoms with E-state index in [-0.39, 0.29) is 17.3 Å². The summed E-state index contributed by atoms with van der Waals surface area (Å²) in [7, 11) is 0. The van der Waals surface area contributed by atoms with Crippen molar-refractivity contribution < 1.29 is 14.3 Å². The van der Waals surface area contributed by atoms with E-state index >= 15 is 0 Å². The number of phenols is 1. The minimum absolute atomic E-state index is 0.106. The predicted octanol–water partition coefficient (Wildman–Crippen LogP) is 3.40. The second-order valence-electron chi connectivity index (χ2n) is 3.80. The number of rotatable bonds is 2. The molecule has 0 fully saturated rings. The summed E-state index contributed by atoms with van der Waals surface area (Å²) < 4.78 is 13.6. The molecule has 2 aromatic carbocycles. The maximum atomic E-state index is 13.6. The average molecular weight is 230 g/mol. The molecule has 0 aliphatic carbocycles. The summed E-state index contributed by atoms with van der Waals surface area (Å²) in [6, 6.07) is 10.4. The Bertz CT molecular complexity index is 559. The highest BCUT2D eigenvalue weighted by Gasteiger charge is 2.08. The fourth-order valence-corrected chi connectivity index (χ4v) is 1.61. The van der Waals surface area contributed by atoms with E-state index in [4.69, 9.17) is 5.11 Å². The van der Waals surface area contributed by atoms with Gasteiger partial charge in [0.1, 0.15) is 11.6 Å². The summed E-state index contributed by atoms with van der Waals surface area (Å²) in [4.78, 5) is 11.2. The first-order valence-electron chi connectivity index (χ1n) is 5.18. The Hall–Kier alpha value is -2.16.